The number of nitrogens with zero attached hydrogens (tertiary/aromatic N) is 2. The van der Waals surface area contributed by atoms with Crippen molar-refractivity contribution in [1.82, 2.24) is 9.80 Å². The number of hydrogen-bond acceptors (Lipinski definition) is 4. The van der Waals surface area contributed by atoms with Gasteiger partial charge in [-0.3, -0.25) is 9.80 Å². The molecule has 1 saturated heterocycles. The topological polar surface area (TPSA) is 81.1 Å². The average Bonchev–Trinajstić information content (AvgIpc) is 2.83. The van der Waals surface area contributed by atoms with E-state index in [4.69, 9.17) is 19.8 Å². The summed E-state index contributed by atoms with van der Waals surface area (Å²) in [7, 11) is 0. The monoisotopic (exact) mass is 432 g/mol. The fraction of sp³-hybridized carbons (Fsp3) is 0.231. The van der Waals surface area contributed by atoms with Crippen LogP contribution in [0.25, 0.3) is 0 Å². The highest BCUT2D eigenvalue weighted by molar-refractivity contribution is 6.27. The van der Waals surface area contributed by atoms with Gasteiger partial charge in [-0.25, -0.2) is 9.59 Å². The number of aliphatic carboxylic acids is 2. The summed E-state index contributed by atoms with van der Waals surface area (Å²) in [6.45, 7) is 5.48. The highest BCUT2D eigenvalue weighted by Crippen LogP contribution is 2.29. The van der Waals surface area contributed by atoms with Gasteiger partial charge >= 0.3 is 11.9 Å². The van der Waals surface area contributed by atoms with Crippen molar-refractivity contribution >= 4 is 11.9 Å². The van der Waals surface area contributed by atoms with E-state index in [0.717, 1.165) is 32.7 Å². The van der Waals surface area contributed by atoms with Crippen molar-refractivity contribution in [2.45, 2.75) is 12.6 Å². The molecule has 1 aliphatic heterocycles. The van der Waals surface area contributed by atoms with Crippen LogP contribution in [0.3, 0.4) is 0 Å². The zero-order chi connectivity index (χ0) is 22.8. The van der Waals surface area contributed by atoms with Gasteiger partial charge in [-0.05, 0) is 16.7 Å². The lowest BCUT2D eigenvalue weighted by atomic mass is 9.96. The quantitative estimate of drug-likeness (QED) is 0.598. The molecule has 166 valence electrons. The highest BCUT2D eigenvalue weighted by Gasteiger charge is 2.26. The van der Waals surface area contributed by atoms with Crippen molar-refractivity contribution in [2.24, 2.45) is 0 Å². The average molecular weight is 433 g/mol. The smallest absolute Gasteiger partial charge is 0.414 e. The number of benzene rings is 3. The Balaban J connectivity index is 0.000000427. The Morgan fingerprint density at radius 1 is 0.656 bits per heavy atom. The van der Waals surface area contributed by atoms with E-state index >= 15 is 0 Å². The van der Waals surface area contributed by atoms with Crippen LogP contribution in [0.5, 0.6) is 0 Å². The van der Waals surface area contributed by atoms with E-state index in [9.17, 15) is 0 Å². The molecule has 1 fully saturated rings. The van der Waals surface area contributed by atoms with Crippen molar-refractivity contribution in [1.29, 1.82) is 0 Å². The summed E-state index contributed by atoms with van der Waals surface area (Å²) in [5.41, 5.74) is 4.18. The van der Waals surface area contributed by atoms with Crippen molar-refractivity contribution in [3.8, 4) is 0 Å². The summed E-state index contributed by atoms with van der Waals surface area (Å²) in [5.74, 6) is -3.65. The van der Waals surface area contributed by atoms with E-state index in [1.165, 1.54) is 16.7 Å². The molecule has 0 saturated carbocycles. The van der Waals surface area contributed by atoms with Gasteiger partial charge in [0.25, 0.3) is 0 Å². The summed E-state index contributed by atoms with van der Waals surface area (Å²) in [6, 6.07) is 33.0. The lowest BCUT2D eigenvalue weighted by Crippen LogP contribution is -2.47. The van der Waals surface area contributed by atoms with Crippen molar-refractivity contribution in [3.05, 3.63) is 108 Å². The molecular weight excluding hydrogens is 404 g/mol. The van der Waals surface area contributed by atoms with Crippen molar-refractivity contribution in [2.75, 3.05) is 26.2 Å². The minimum absolute atomic E-state index is 0.344. The maximum atomic E-state index is 9.10. The predicted octanol–water partition coefficient (Wildman–Crippen LogP) is 3.75. The van der Waals surface area contributed by atoms with Gasteiger partial charge in [-0.1, -0.05) is 91.0 Å². The zero-order valence-electron chi connectivity index (χ0n) is 17.9. The number of hydrogen-bond donors (Lipinski definition) is 2. The van der Waals surface area contributed by atoms with E-state index < -0.39 is 11.9 Å². The van der Waals surface area contributed by atoms with E-state index in [-0.39, 0.29) is 0 Å². The van der Waals surface area contributed by atoms with Crippen molar-refractivity contribution < 1.29 is 19.8 Å². The Morgan fingerprint density at radius 3 is 1.47 bits per heavy atom. The van der Waals surface area contributed by atoms with Crippen LogP contribution in [0.2, 0.25) is 0 Å². The molecule has 0 atom stereocenters. The molecule has 0 spiro atoms. The summed E-state index contributed by atoms with van der Waals surface area (Å²) in [6.07, 6.45) is 0. The summed E-state index contributed by atoms with van der Waals surface area (Å²) < 4.78 is 0. The molecule has 1 heterocycles. The van der Waals surface area contributed by atoms with Crippen LogP contribution in [0.4, 0.5) is 0 Å². The maximum Gasteiger partial charge on any atom is 0.414 e. The third kappa shape index (κ3) is 6.77. The van der Waals surface area contributed by atoms with Crippen molar-refractivity contribution in [3.63, 3.8) is 0 Å². The normalized spacial score (nSPS) is 14.4. The zero-order valence-corrected chi connectivity index (χ0v) is 17.9. The fourth-order valence-corrected chi connectivity index (χ4v) is 3.91. The Hall–Kier alpha value is -3.48. The number of piperazine rings is 1. The number of carbonyl (C=O) groups is 2. The van der Waals surface area contributed by atoms with Crippen LogP contribution >= 0.6 is 0 Å². The lowest BCUT2D eigenvalue weighted by Gasteiger charge is -2.39. The van der Waals surface area contributed by atoms with Gasteiger partial charge in [0.2, 0.25) is 0 Å². The van der Waals surface area contributed by atoms with E-state index in [1.54, 1.807) is 0 Å². The molecule has 0 unspecified atom stereocenters. The highest BCUT2D eigenvalue weighted by atomic mass is 16.4. The Morgan fingerprint density at radius 2 is 1.06 bits per heavy atom. The first kappa shape index (κ1) is 23.2. The molecule has 0 aliphatic carbocycles. The molecular formula is C26H28N2O4. The second-order valence-corrected chi connectivity index (χ2v) is 7.63. The lowest BCUT2D eigenvalue weighted by molar-refractivity contribution is -0.159. The summed E-state index contributed by atoms with van der Waals surface area (Å²) in [4.78, 5) is 23.4. The number of rotatable bonds is 5. The molecule has 0 bridgehead atoms. The second-order valence-electron chi connectivity index (χ2n) is 7.63. The maximum absolute atomic E-state index is 9.10. The first-order chi connectivity index (χ1) is 15.5. The molecule has 6 nitrogen and oxygen atoms in total. The van der Waals surface area contributed by atoms with E-state index in [1.807, 2.05) is 0 Å². The minimum atomic E-state index is -1.82. The summed E-state index contributed by atoms with van der Waals surface area (Å²) in [5, 5.41) is 14.8. The van der Waals surface area contributed by atoms with Gasteiger partial charge in [0.05, 0.1) is 6.04 Å². The number of carboxylic acids is 2. The van der Waals surface area contributed by atoms with Crippen LogP contribution in [0.15, 0.2) is 91.0 Å². The SMILES string of the molecule is O=C(O)C(=O)O.c1ccc(CN2CCN(C(c3ccccc3)c3ccccc3)CC2)cc1. The van der Waals surface area contributed by atoms with Gasteiger partial charge in [-0.2, -0.15) is 0 Å². The van der Waals surface area contributed by atoms with Gasteiger partial charge < -0.3 is 10.2 Å². The number of carboxylic acid groups (broad SMARTS) is 2. The van der Waals surface area contributed by atoms with Crippen LogP contribution in [-0.4, -0.2) is 58.1 Å². The molecule has 0 amide bonds. The molecule has 32 heavy (non-hydrogen) atoms. The Kier molecular flexibility index (Phi) is 8.54. The molecule has 3 aromatic rings. The van der Waals surface area contributed by atoms with E-state index in [2.05, 4.69) is 101 Å². The van der Waals surface area contributed by atoms with Crippen LogP contribution < -0.4 is 0 Å². The molecule has 3 aromatic carbocycles. The fourth-order valence-electron chi connectivity index (χ4n) is 3.91. The second kappa shape index (κ2) is 11.8. The van der Waals surface area contributed by atoms with Gasteiger partial charge in [0.1, 0.15) is 0 Å². The summed E-state index contributed by atoms with van der Waals surface area (Å²) >= 11 is 0. The minimum Gasteiger partial charge on any atom is -0.473 e. The third-order valence-electron chi connectivity index (χ3n) is 5.43. The standard InChI is InChI=1S/C24H26N2.C2H2O4/c1-4-10-21(11-5-1)20-25-16-18-26(19-17-25)24(22-12-6-2-7-13-22)23-14-8-3-9-15-23;3-1(4)2(5)6/h1-15,24H,16-20H2;(H,3,4)(H,5,6). The third-order valence-corrected chi connectivity index (χ3v) is 5.43. The first-order valence-corrected chi connectivity index (χ1v) is 10.6. The molecule has 0 aromatic heterocycles. The largest absolute Gasteiger partial charge is 0.473 e. The molecule has 2 N–H and O–H groups in total. The molecule has 4 rings (SSSR count). The van der Waals surface area contributed by atoms with Crippen LogP contribution in [0.1, 0.15) is 22.7 Å². The molecule has 0 radical (unpaired) electrons. The van der Waals surface area contributed by atoms with Gasteiger partial charge in [0, 0.05) is 32.7 Å². The predicted molar refractivity (Wildman–Crippen MR) is 123 cm³/mol. The van der Waals surface area contributed by atoms with E-state index in [0.29, 0.717) is 6.04 Å². The molecule has 6 heteroatoms. The van der Waals surface area contributed by atoms with Gasteiger partial charge in [0.15, 0.2) is 0 Å². The van der Waals surface area contributed by atoms with Crippen LogP contribution in [0, 0.1) is 0 Å². The first-order valence-electron chi connectivity index (χ1n) is 10.6. The Labute approximate surface area is 188 Å². The van der Waals surface area contributed by atoms with Crippen LogP contribution in [-0.2, 0) is 16.1 Å². The molecule has 1 aliphatic rings. The Bertz CT molecular complexity index is 921. The van der Waals surface area contributed by atoms with Gasteiger partial charge in [-0.15, -0.1) is 0 Å².